The van der Waals surface area contributed by atoms with Gasteiger partial charge < -0.3 is 9.47 Å². The second-order valence-corrected chi connectivity index (χ2v) is 3.37. The zero-order chi connectivity index (χ0) is 12.3. The third kappa shape index (κ3) is 2.05. The first-order valence-corrected chi connectivity index (χ1v) is 4.70. The number of nitrogens with zero attached hydrogens (tertiary/aromatic N) is 1. The van der Waals surface area contributed by atoms with Crippen LogP contribution < -0.4 is 5.43 Å². The molecule has 0 fully saturated rings. The van der Waals surface area contributed by atoms with Crippen molar-refractivity contribution in [3.05, 3.63) is 11.3 Å². The second-order valence-electron chi connectivity index (χ2n) is 3.37. The van der Waals surface area contributed by atoms with Crippen LogP contribution >= 0.6 is 0 Å². The molecule has 0 aromatic rings. The van der Waals surface area contributed by atoms with Gasteiger partial charge in [-0.25, -0.2) is 4.79 Å². The first kappa shape index (κ1) is 12.2. The number of hydrazone groups is 1. The number of esters is 2. The van der Waals surface area contributed by atoms with Crippen LogP contribution in [0.2, 0.25) is 0 Å². The zero-order valence-electron chi connectivity index (χ0n) is 9.66. The van der Waals surface area contributed by atoms with Crippen molar-refractivity contribution in [3.63, 3.8) is 0 Å². The fourth-order valence-electron chi connectivity index (χ4n) is 1.53. The van der Waals surface area contributed by atoms with Gasteiger partial charge in [0.1, 0.15) is 11.6 Å². The number of hydrogen-bond donors (Lipinski definition) is 1. The Labute approximate surface area is 93.3 Å². The van der Waals surface area contributed by atoms with E-state index in [2.05, 4.69) is 20.0 Å². The topological polar surface area (TPSA) is 77.0 Å². The van der Waals surface area contributed by atoms with Crippen molar-refractivity contribution in [2.45, 2.75) is 13.8 Å². The molecule has 0 bridgehead atoms. The first-order chi connectivity index (χ1) is 7.52. The molecular weight excluding hydrogens is 212 g/mol. The van der Waals surface area contributed by atoms with Gasteiger partial charge in [0, 0.05) is 0 Å². The zero-order valence-corrected chi connectivity index (χ0v) is 9.66. The summed E-state index contributed by atoms with van der Waals surface area (Å²) in [5.74, 6) is -1.62. The summed E-state index contributed by atoms with van der Waals surface area (Å²) in [6.07, 6.45) is 0. The predicted molar refractivity (Wildman–Crippen MR) is 56.5 cm³/mol. The van der Waals surface area contributed by atoms with Gasteiger partial charge in [0.25, 0.3) is 0 Å². The van der Waals surface area contributed by atoms with Gasteiger partial charge in [-0.3, -0.25) is 10.2 Å². The smallest absolute Gasteiger partial charge is 0.355 e. The van der Waals surface area contributed by atoms with Crippen molar-refractivity contribution in [3.8, 4) is 0 Å². The van der Waals surface area contributed by atoms with Gasteiger partial charge in [-0.15, -0.1) is 0 Å². The van der Waals surface area contributed by atoms with Crippen molar-refractivity contribution in [1.29, 1.82) is 0 Å². The van der Waals surface area contributed by atoms with Gasteiger partial charge >= 0.3 is 11.9 Å². The first-order valence-electron chi connectivity index (χ1n) is 4.70. The molecule has 6 nitrogen and oxygen atoms in total. The van der Waals surface area contributed by atoms with Crippen LogP contribution in [0, 0.1) is 5.92 Å². The maximum atomic E-state index is 11.5. The van der Waals surface area contributed by atoms with E-state index >= 15 is 0 Å². The van der Waals surface area contributed by atoms with Crippen molar-refractivity contribution in [2.24, 2.45) is 11.0 Å². The number of hydrogen-bond acceptors (Lipinski definition) is 6. The van der Waals surface area contributed by atoms with E-state index in [9.17, 15) is 9.59 Å². The number of carbonyl (C=O) groups excluding carboxylic acids is 2. The molecule has 6 heteroatoms. The monoisotopic (exact) mass is 226 g/mol. The Morgan fingerprint density at radius 1 is 1.25 bits per heavy atom. The SMILES string of the molecule is COC(=O)C1=C(C)C(C(=O)OC)C(C)=NN1. The normalized spacial score (nSPS) is 19.8. The van der Waals surface area contributed by atoms with E-state index in [1.807, 2.05) is 0 Å². The minimum Gasteiger partial charge on any atom is -0.468 e. The van der Waals surface area contributed by atoms with E-state index in [1.54, 1.807) is 13.8 Å². The fraction of sp³-hybridized carbons (Fsp3) is 0.500. The lowest BCUT2D eigenvalue weighted by molar-refractivity contribution is -0.142. The summed E-state index contributed by atoms with van der Waals surface area (Å²) in [7, 11) is 2.56. The predicted octanol–water partition coefficient (Wildman–Crippen LogP) is 0.202. The molecule has 0 radical (unpaired) electrons. The van der Waals surface area contributed by atoms with Gasteiger partial charge in [-0.05, 0) is 19.4 Å². The molecule has 1 aliphatic rings. The van der Waals surface area contributed by atoms with E-state index in [-0.39, 0.29) is 5.70 Å². The molecule has 0 saturated carbocycles. The molecule has 0 aromatic heterocycles. The van der Waals surface area contributed by atoms with Crippen LogP contribution in [0.15, 0.2) is 16.4 Å². The minimum absolute atomic E-state index is 0.184. The summed E-state index contributed by atoms with van der Waals surface area (Å²) in [4.78, 5) is 22.9. The molecule has 1 heterocycles. The Morgan fingerprint density at radius 3 is 2.38 bits per heavy atom. The average Bonchev–Trinajstić information content (AvgIpc) is 2.28. The van der Waals surface area contributed by atoms with Crippen LogP contribution in [0.3, 0.4) is 0 Å². The molecule has 1 aliphatic heterocycles. The third-order valence-electron chi connectivity index (χ3n) is 2.42. The highest BCUT2D eigenvalue weighted by Crippen LogP contribution is 2.21. The van der Waals surface area contributed by atoms with E-state index in [0.29, 0.717) is 11.3 Å². The Kier molecular flexibility index (Phi) is 3.65. The van der Waals surface area contributed by atoms with Crippen molar-refractivity contribution >= 4 is 17.7 Å². The van der Waals surface area contributed by atoms with Crippen LogP contribution in [0.5, 0.6) is 0 Å². The summed E-state index contributed by atoms with van der Waals surface area (Å²) < 4.78 is 9.23. The van der Waals surface area contributed by atoms with Crippen molar-refractivity contribution in [1.82, 2.24) is 5.43 Å². The summed E-state index contributed by atoms with van der Waals surface area (Å²) >= 11 is 0. The quantitative estimate of drug-likeness (QED) is 0.681. The van der Waals surface area contributed by atoms with Gasteiger partial charge in [0.2, 0.25) is 0 Å². The Balaban J connectivity index is 3.10. The Morgan fingerprint density at radius 2 is 1.88 bits per heavy atom. The molecule has 0 aliphatic carbocycles. The molecule has 0 amide bonds. The van der Waals surface area contributed by atoms with E-state index < -0.39 is 17.9 Å². The standard InChI is InChI=1S/C10H14N2O4/c1-5-7(9(13)15-3)6(2)11-12-8(5)10(14)16-4/h7,12H,1-4H3. The molecule has 88 valence electrons. The number of nitrogens with one attached hydrogen (secondary N) is 1. The van der Waals surface area contributed by atoms with Crippen molar-refractivity contribution in [2.75, 3.05) is 14.2 Å². The minimum atomic E-state index is -0.625. The van der Waals surface area contributed by atoms with E-state index in [1.165, 1.54) is 14.2 Å². The third-order valence-corrected chi connectivity index (χ3v) is 2.42. The maximum Gasteiger partial charge on any atom is 0.355 e. The van der Waals surface area contributed by atoms with Crippen LogP contribution in [0.4, 0.5) is 0 Å². The molecule has 1 rings (SSSR count). The van der Waals surface area contributed by atoms with Gasteiger partial charge in [-0.1, -0.05) is 0 Å². The largest absolute Gasteiger partial charge is 0.468 e. The van der Waals surface area contributed by atoms with Gasteiger partial charge in [-0.2, -0.15) is 5.10 Å². The van der Waals surface area contributed by atoms with E-state index in [4.69, 9.17) is 0 Å². The number of rotatable bonds is 2. The number of ether oxygens (including phenoxy) is 2. The molecule has 1 atom stereocenters. The van der Waals surface area contributed by atoms with Gasteiger partial charge in [0.05, 0.1) is 19.9 Å². The summed E-state index contributed by atoms with van der Waals surface area (Å²) in [5.41, 5.74) is 3.85. The lowest BCUT2D eigenvalue weighted by atomic mass is 9.93. The van der Waals surface area contributed by atoms with E-state index in [0.717, 1.165) is 0 Å². The highest BCUT2D eigenvalue weighted by molar-refractivity contribution is 6.06. The number of carbonyl (C=O) groups is 2. The summed E-state index contributed by atoms with van der Waals surface area (Å²) in [5, 5.41) is 3.89. The van der Waals surface area contributed by atoms with Crippen LogP contribution in [-0.4, -0.2) is 31.9 Å². The molecule has 0 aromatic carbocycles. The Hall–Kier alpha value is -1.85. The molecular formula is C10H14N2O4. The van der Waals surface area contributed by atoms with Crippen LogP contribution in [0.25, 0.3) is 0 Å². The molecule has 16 heavy (non-hydrogen) atoms. The summed E-state index contributed by atoms with van der Waals surface area (Å²) in [6, 6.07) is 0. The fourth-order valence-corrected chi connectivity index (χ4v) is 1.53. The van der Waals surface area contributed by atoms with Crippen LogP contribution in [-0.2, 0) is 19.1 Å². The maximum absolute atomic E-state index is 11.5. The molecule has 0 spiro atoms. The molecule has 1 unspecified atom stereocenters. The van der Waals surface area contributed by atoms with Crippen LogP contribution in [0.1, 0.15) is 13.8 Å². The van der Waals surface area contributed by atoms with Gasteiger partial charge in [0.15, 0.2) is 0 Å². The molecule has 0 saturated heterocycles. The molecule has 1 N–H and O–H groups in total. The average molecular weight is 226 g/mol. The van der Waals surface area contributed by atoms with Crippen molar-refractivity contribution < 1.29 is 19.1 Å². The Bertz CT molecular complexity index is 384. The lowest BCUT2D eigenvalue weighted by Crippen LogP contribution is -2.34. The lowest BCUT2D eigenvalue weighted by Gasteiger charge is -2.22. The highest BCUT2D eigenvalue weighted by Gasteiger charge is 2.32. The number of methoxy groups -OCH3 is 2. The summed E-state index contributed by atoms with van der Waals surface area (Å²) in [6.45, 7) is 3.35. The highest BCUT2D eigenvalue weighted by atomic mass is 16.5. The second kappa shape index (κ2) is 4.78.